The van der Waals surface area contributed by atoms with Gasteiger partial charge in [0.15, 0.2) is 6.10 Å². The summed E-state index contributed by atoms with van der Waals surface area (Å²) in [5.41, 5.74) is 0. The summed E-state index contributed by atoms with van der Waals surface area (Å²) in [5.74, 6) is -1.04. The van der Waals surface area contributed by atoms with Crippen LogP contribution >= 0.6 is 0 Å². The molecule has 0 aliphatic heterocycles. The Morgan fingerprint density at radius 2 is 0.635 bits per heavy atom. The second-order valence-electron chi connectivity index (χ2n) is 16.0. The lowest BCUT2D eigenvalue weighted by atomic mass is 10.1. The fourth-order valence-corrected chi connectivity index (χ4v) is 6.23. The van der Waals surface area contributed by atoms with Gasteiger partial charge in [-0.25, -0.2) is 0 Å². The van der Waals surface area contributed by atoms with Crippen LogP contribution in [0.25, 0.3) is 0 Å². The van der Waals surface area contributed by atoms with Gasteiger partial charge in [-0.2, -0.15) is 0 Å². The van der Waals surface area contributed by atoms with Gasteiger partial charge in [0.05, 0.1) is 0 Å². The minimum Gasteiger partial charge on any atom is -0.462 e. The predicted molar refractivity (Wildman–Crippen MR) is 269 cm³/mol. The smallest absolute Gasteiger partial charge is 0.306 e. The maximum atomic E-state index is 12.8. The van der Waals surface area contributed by atoms with Gasteiger partial charge < -0.3 is 14.2 Å². The zero-order valence-electron chi connectivity index (χ0n) is 40.3. The van der Waals surface area contributed by atoms with E-state index >= 15 is 0 Å². The van der Waals surface area contributed by atoms with E-state index in [0.29, 0.717) is 19.3 Å². The largest absolute Gasteiger partial charge is 0.462 e. The van der Waals surface area contributed by atoms with Crippen LogP contribution in [0.4, 0.5) is 0 Å². The second-order valence-corrected chi connectivity index (χ2v) is 16.0. The van der Waals surface area contributed by atoms with Crippen LogP contribution in [0.2, 0.25) is 0 Å². The molecule has 0 unspecified atom stereocenters. The number of rotatable bonds is 43. The first kappa shape index (κ1) is 58.8. The van der Waals surface area contributed by atoms with Gasteiger partial charge in [-0.05, 0) is 122 Å². The molecule has 0 aromatic rings. The van der Waals surface area contributed by atoms with Gasteiger partial charge in [0.1, 0.15) is 13.2 Å². The van der Waals surface area contributed by atoms with Crippen LogP contribution in [0.5, 0.6) is 0 Å². The highest BCUT2D eigenvalue weighted by Crippen LogP contribution is 2.11. The molecule has 6 nitrogen and oxygen atoms in total. The van der Waals surface area contributed by atoms with Crippen LogP contribution < -0.4 is 0 Å². The highest BCUT2D eigenvalue weighted by Gasteiger charge is 2.19. The Kier molecular flexibility index (Phi) is 47.1. The van der Waals surface area contributed by atoms with E-state index in [1.165, 1.54) is 38.5 Å². The third-order valence-electron chi connectivity index (χ3n) is 9.93. The number of unbranched alkanes of at least 4 members (excludes halogenated alkanes) is 12. The van der Waals surface area contributed by atoms with E-state index in [-0.39, 0.29) is 44.0 Å². The summed E-state index contributed by atoms with van der Waals surface area (Å²) in [5, 5.41) is 0. The summed E-state index contributed by atoms with van der Waals surface area (Å²) >= 11 is 0. The molecule has 0 aromatic heterocycles. The molecule has 0 saturated carbocycles. The number of hydrogen-bond donors (Lipinski definition) is 0. The van der Waals surface area contributed by atoms with Crippen LogP contribution in [0, 0.1) is 0 Å². The van der Waals surface area contributed by atoms with Crippen LogP contribution in [0.3, 0.4) is 0 Å². The summed E-state index contributed by atoms with van der Waals surface area (Å²) in [7, 11) is 0. The van der Waals surface area contributed by atoms with E-state index in [0.717, 1.165) is 109 Å². The van der Waals surface area contributed by atoms with Gasteiger partial charge in [0.25, 0.3) is 0 Å². The van der Waals surface area contributed by atoms with Crippen LogP contribution in [0.1, 0.15) is 201 Å². The monoisotopic (exact) mass is 871 g/mol. The second kappa shape index (κ2) is 50.5. The zero-order valence-corrected chi connectivity index (χ0v) is 40.3. The van der Waals surface area contributed by atoms with Crippen molar-refractivity contribution in [1.82, 2.24) is 0 Å². The number of carbonyl (C=O) groups excluding carboxylic acids is 3. The SMILES string of the molecule is CC/C=C\C/C=C\C/C=C\C/C=C\C/C=C\CCCC(=O)O[C@H](COC(=O)CCCC/C=C\C/C=C\C/C=C\C/C=C\CC)COC(=O)CCCCCCC/C=C\CCCCCC. The average molecular weight is 871 g/mol. The minimum atomic E-state index is -0.830. The summed E-state index contributed by atoms with van der Waals surface area (Å²) in [4.78, 5) is 37.9. The lowest BCUT2D eigenvalue weighted by Crippen LogP contribution is -2.30. The highest BCUT2D eigenvalue weighted by atomic mass is 16.6. The quantitative estimate of drug-likeness (QED) is 0.0263. The molecule has 0 aromatic carbocycles. The average Bonchev–Trinajstić information content (AvgIpc) is 3.28. The number of hydrogen-bond acceptors (Lipinski definition) is 6. The van der Waals surface area contributed by atoms with E-state index < -0.39 is 6.10 Å². The molecule has 0 radical (unpaired) electrons. The first-order valence-corrected chi connectivity index (χ1v) is 25.0. The number of allylic oxidation sites excluding steroid dienone is 20. The van der Waals surface area contributed by atoms with Crippen molar-refractivity contribution in [3.63, 3.8) is 0 Å². The molecule has 0 saturated heterocycles. The number of ether oxygens (including phenoxy) is 3. The molecule has 0 spiro atoms. The lowest BCUT2D eigenvalue weighted by molar-refractivity contribution is -0.167. The standard InChI is InChI=1S/C57H90O6/c1-4-7-10-13-16-19-22-25-27-28-30-33-36-39-42-45-48-51-57(60)63-54(52-61-55(58)49-46-43-40-37-34-31-24-21-18-15-12-9-6-3)53-62-56(59)50-47-44-41-38-35-32-29-26-23-20-17-14-11-8-5-2/h7-8,10-11,16-17,19-21,24-27,29-30,33,35,38-39,42,54H,4-6,9,12-15,18,22-23,28,31-32,34,36-37,40-41,43-53H2,1-3H3/b10-7-,11-8-,19-16-,20-17-,24-21-,27-25-,29-26-,33-30-,38-35-,42-39-/t54-/m0/s1. The number of esters is 3. The summed E-state index contributed by atoms with van der Waals surface area (Å²) in [6.07, 6.45) is 69.0. The Morgan fingerprint density at radius 1 is 0.333 bits per heavy atom. The molecule has 6 heteroatoms. The first-order chi connectivity index (χ1) is 31.0. The molecular formula is C57H90O6. The Labute approximate surface area is 386 Å². The van der Waals surface area contributed by atoms with Crippen LogP contribution in [-0.4, -0.2) is 37.2 Å². The molecule has 354 valence electrons. The molecule has 63 heavy (non-hydrogen) atoms. The van der Waals surface area contributed by atoms with Crippen molar-refractivity contribution in [2.45, 2.75) is 207 Å². The zero-order chi connectivity index (χ0) is 45.8. The fraction of sp³-hybridized carbons (Fsp3) is 0.596. The van der Waals surface area contributed by atoms with Gasteiger partial charge in [0.2, 0.25) is 0 Å². The predicted octanol–water partition coefficient (Wildman–Crippen LogP) is 16.5. The summed E-state index contributed by atoms with van der Waals surface area (Å²) in [6.45, 7) is 6.28. The van der Waals surface area contributed by atoms with Gasteiger partial charge in [-0.15, -0.1) is 0 Å². The van der Waals surface area contributed by atoms with Crippen molar-refractivity contribution in [2.75, 3.05) is 13.2 Å². The molecular weight excluding hydrogens is 781 g/mol. The molecule has 1 atom stereocenters. The van der Waals surface area contributed by atoms with E-state index in [1.807, 2.05) is 0 Å². The fourth-order valence-electron chi connectivity index (χ4n) is 6.23. The normalized spacial score (nSPS) is 13.1. The Morgan fingerprint density at radius 3 is 1.06 bits per heavy atom. The van der Waals surface area contributed by atoms with E-state index in [2.05, 4.69) is 142 Å². The molecule has 0 rings (SSSR count). The molecule has 0 fully saturated rings. The summed E-state index contributed by atoms with van der Waals surface area (Å²) < 4.78 is 16.7. The van der Waals surface area contributed by atoms with Crippen molar-refractivity contribution in [3.8, 4) is 0 Å². The van der Waals surface area contributed by atoms with Crippen molar-refractivity contribution in [3.05, 3.63) is 122 Å². The molecule has 0 heterocycles. The van der Waals surface area contributed by atoms with Gasteiger partial charge in [0, 0.05) is 19.3 Å². The highest BCUT2D eigenvalue weighted by molar-refractivity contribution is 5.71. The van der Waals surface area contributed by atoms with Crippen LogP contribution in [-0.2, 0) is 28.6 Å². The Bertz CT molecular complexity index is 1370. The maximum absolute atomic E-state index is 12.8. The Balaban J connectivity index is 4.59. The molecule has 0 bridgehead atoms. The van der Waals surface area contributed by atoms with Crippen molar-refractivity contribution >= 4 is 17.9 Å². The van der Waals surface area contributed by atoms with E-state index in [4.69, 9.17) is 14.2 Å². The molecule has 0 aliphatic carbocycles. The Hall–Kier alpha value is -4.19. The topological polar surface area (TPSA) is 78.9 Å². The van der Waals surface area contributed by atoms with Gasteiger partial charge in [-0.1, -0.05) is 181 Å². The van der Waals surface area contributed by atoms with E-state index in [1.54, 1.807) is 0 Å². The van der Waals surface area contributed by atoms with E-state index in [9.17, 15) is 14.4 Å². The number of carbonyl (C=O) groups is 3. The van der Waals surface area contributed by atoms with Gasteiger partial charge >= 0.3 is 17.9 Å². The third-order valence-corrected chi connectivity index (χ3v) is 9.93. The molecule has 0 aliphatic rings. The van der Waals surface area contributed by atoms with Crippen molar-refractivity contribution in [1.29, 1.82) is 0 Å². The lowest BCUT2D eigenvalue weighted by Gasteiger charge is -2.18. The van der Waals surface area contributed by atoms with Gasteiger partial charge in [-0.3, -0.25) is 14.4 Å². The van der Waals surface area contributed by atoms with Crippen molar-refractivity contribution < 1.29 is 28.6 Å². The summed E-state index contributed by atoms with van der Waals surface area (Å²) in [6, 6.07) is 0. The third kappa shape index (κ3) is 48.7. The minimum absolute atomic E-state index is 0.122. The van der Waals surface area contributed by atoms with Crippen molar-refractivity contribution in [2.24, 2.45) is 0 Å². The molecule has 0 amide bonds. The maximum Gasteiger partial charge on any atom is 0.306 e. The van der Waals surface area contributed by atoms with Crippen LogP contribution in [0.15, 0.2) is 122 Å². The molecule has 0 N–H and O–H groups in total. The first-order valence-electron chi connectivity index (χ1n) is 25.0.